The maximum atomic E-state index is 12.6. The van der Waals surface area contributed by atoms with E-state index in [1.807, 2.05) is 33.8 Å². The Morgan fingerprint density at radius 2 is 1.87 bits per heavy atom. The topological polar surface area (TPSA) is 86.0 Å². The van der Waals surface area contributed by atoms with Crippen LogP contribution < -0.4 is 10.4 Å². The van der Waals surface area contributed by atoms with Crippen LogP contribution in [-0.2, 0) is 16.0 Å². The smallest absolute Gasteiger partial charge is 0.410 e. The summed E-state index contributed by atoms with van der Waals surface area (Å²) in [4.78, 5) is 38.2. The number of hydrogen-bond acceptors (Lipinski definition) is 6. The normalized spacial score (nSPS) is 15.3. The van der Waals surface area contributed by atoms with E-state index in [2.05, 4.69) is 0 Å². The van der Waals surface area contributed by atoms with Crippen molar-refractivity contribution in [3.8, 4) is 5.75 Å². The number of amides is 1. The third-order valence-electron chi connectivity index (χ3n) is 5.02. The van der Waals surface area contributed by atoms with Crippen LogP contribution in [0, 0.1) is 5.92 Å². The average Bonchev–Trinajstić information content (AvgIpc) is 2.66. The molecule has 0 saturated carbocycles. The third kappa shape index (κ3) is 5.40. The summed E-state index contributed by atoms with van der Waals surface area (Å²) in [6.45, 7) is 8.41. The molecule has 1 aliphatic rings. The first-order valence-electron chi connectivity index (χ1n) is 10.4. The van der Waals surface area contributed by atoms with Crippen molar-refractivity contribution in [1.29, 1.82) is 0 Å². The van der Waals surface area contributed by atoms with Gasteiger partial charge in [-0.1, -0.05) is 13.3 Å². The highest BCUT2D eigenvalue weighted by atomic mass is 16.6. The number of esters is 1. The van der Waals surface area contributed by atoms with Gasteiger partial charge in [-0.25, -0.2) is 9.59 Å². The lowest BCUT2D eigenvalue weighted by Gasteiger charge is -2.32. The van der Waals surface area contributed by atoms with Crippen LogP contribution >= 0.6 is 0 Å². The van der Waals surface area contributed by atoms with E-state index in [0.29, 0.717) is 37.3 Å². The Morgan fingerprint density at radius 3 is 2.50 bits per heavy atom. The predicted molar refractivity (Wildman–Crippen MR) is 113 cm³/mol. The minimum atomic E-state index is -0.547. The molecule has 1 amide bonds. The van der Waals surface area contributed by atoms with Crippen molar-refractivity contribution in [1.82, 2.24) is 4.90 Å². The van der Waals surface area contributed by atoms with Crippen molar-refractivity contribution >= 4 is 23.0 Å². The van der Waals surface area contributed by atoms with Crippen molar-refractivity contribution in [2.75, 3.05) is 13.1 Å². The molecule has 1 aliphatic heterocycles. The Hall–Kier alpha value is -2.83. The molecule has 2 heterocycles. The minimum absolute atomic E-state index is 0.294. The van der Waals surface area contributed by atoms with E-state index in [-0.39, 0.29) is 18.0 Å². The maximum absolute atomic E-state index is 12.6. The summed E-state index contributed by atoms with van der Waals surface area (Å²) >= 11 is 0. The summed E-state index contributed by atoms with van der Waals surface area (Å²) in [6, 6.07) is 6.63. The van der Waals surface area contributed by atoms with Crippen molar-refractivity contribution in [3.63, 3.8) is 0 Å². The van der Waals surface area contributed by atoms with E-state index in [9.17, 15) is 14.4 Å². The van der Waals surface area contributed by atoms with Gasteiger partial charge in [0.1, 0.15) is 16.9 Å². The lowest BCUT2D eigenvalue weighted by molar-refractivity contribution is -0.140. The fraction of sp³-hybridized carbons (Fsp3) is 0.522. The molecule has 1 aromatic carbocycles. The van der Waals surface area contributed by atoms with E-state index in [1.165, 1.54) is 6.07 Å². The highest BCUT2D eigenvalue weighted by Crippen LogP contribution is 2.26. The van der Waals surface area contributed by atoms with Gasteiger partial charge >= 0.3 is 17.7 Å². The molecule has 1 saturated heterocycles. The van der Waals surface area contributed by atoms with Crippen molar-refractivity contribution in [2.45, 2.75) is 59.0 Å². The lowest BCUT2D eigenvalue weighted by atomic mass is 9.97. The Kier molecular flexibility index (Phi) is 6.48. The Labute approximate surface area is 175 Å². The van der Waals surface area contributed by atoms with Gasteiger partial charge in [0.05, 0.1) is 5.92 Å². The first kappa shape index (κ1) is 21.9. The van der Waals surface area contributed by atoms with Gasteiger partial charge in [-0.15, -0.1) is 0 Å². The summed E-state index contributed by atoms with van der Waals surface area (Å²) in [5, 5.41) is 0.849. The maximum Gasteiger partial charge on any atom is 0.410 e. The molecule has 2 aromatic rings. The van der Waals surface area contributed by atoms with Crippen LogP contribution in [0.2, 0.25) is 0 Å². The molecule has 0 atom stereocenters. The third-order valence-corrected chi connectivity index (χ3v) is 5.02. The molecule has 0 N–H and O–H groups in total. The lowest BCUT2D eigenvalue weighted by Crippen LogP contribution is -2.43. The SMILES string of the molecule is CCCc1cc(=O)oc2cc(OC(=O)C3CCN(C(=O)OC(C)(C)C)CC3)ccc12. The number of rotatable bonds is 4. The van der Waals surface area contributed by atoms with Crippen LogP contribution in [0.4, 0.5) is 4.79 Å². The number of hydrogen-bond donors (Lipinski definition) is 0. The van der Waals surface area contributed by atoms with Crippen molar-refractivity contribution in [3.05, 3.63) is 40.2 Å². The van der Waals surface area contributed by atoms with Crippen LogP contribution in [0.1, 0.15) is 52.5 Å². The second-order valence-corrected chi connectivity index (χ2v) is 8.66. The van der Waals surface area contributed by atoms with E-state index in [1.54, 1.807) is 17.0 Å². The molecule has 3 rings (SSSR count). The van der Waals surface area contributed by atoms with E-state index >= 15 is 0 Å². The monoisotopic (exact) mass is 415 g/mol. The van der Waals surface area contributed by atoms with Crippen molar-refractivity contribution < 1.29 is 23.5 Å². The number of nitrogens with zero attached hydrogens (tertiary/aromatic N) is 1. The standard InChI is InChI=1S/C23H29NO6/c1-5-6-16-13-20(25)29-19-14-17(7-8-18(16)19)28-21(26)15-9-11-24(12-10-15)22(27)30-23(2,3)4/h7-8,13-15H,5-6,9-12H2,1-4H3. The molecule has 162 valence electrons. The van der Waals surface area contributed by atoms with Crippen LogP contribution in [-0.4, -0.2) is 35.7 Å². The Balaban J connectivity index is 1.63. The largest absolute Gasteiger partial charge is 0.444 e. The quantitative estimate of drug-likeness (QED) is 0.420. The summed E-state index contributed by atoms with van der Waals surface area (Å²) in [7, 11) is 0. The van der Waals surface area contributed by atoms with Crippen LogP contribution in [0.3, 0.4) is 0 Å². The number of likely N-dealkylation sites (tertiary alicyclic amines) is 1. The average molecular weight is 415 g/mol. The highest BCUT2D eigenvalue weighted by Gasteiger charge is 2.31. The van der Waals surface area contributed by atoms with E-state index < -0.39 is 11.2 Å². The van der Waals surface area contributed by atoms with Crippen molar-refractivity contribution in [2.24, 2.45) is 5.92 Å². The van der Waals surface area contributed by atoms with Gasteiger partial charge in [0.25, 0.3) is 0 Å². The molecule has 7 nitrogen and oxygen atoms in total. The summed E-state index contributed by atoms with van der Waals surface area (Å²) < 4.78 is 16.2. The summed E-state index contributed by atoms with van der Waals surface area (Å²) in [6.07, 6.45) is 2.36. The van der Waals surface area contributed by atoms with E-state index in [4.69, 9.17) is 13.9 Å². The second-order valence-electron chi connectivity index (χ2n) is 8.66. The first-order valence-corrected chi connectivity index (χ1v) is 10.4. The summed E-state index contributed by atoms with van der Waals surface area (Å²) in [5.41, 5.74) is 0.380. The minimum Gasteiger partial charge on any atom is -0.444 e. The van der Waals surface area contributed by atoms with Gasteiger partial charge in [0.15, 0.2) is 0 Å². The van der Waals surface area contributed by atoms with Crippen LogP contribution in [0.15, 0.2) is 33.5 Å². The van der Waals surface area contributed by atoms with Gasteiger partial charge < -0.3 is 18.8 Å². The molecule has 1 fully saturated rings. The molecule has 30 heavy (non-hydrogen) atoms. The zero-order chi connectivity index (χ0) is 21.9. The molecule has 0 bridgehead atoms. The Bertz CT molecular complexity index is 979. The number of carbonyl (C=O) groups excluding carboxylic acids is 2. The number of carbonyl (C=O) groups is 2. The molecule has 0 radical (unpaired) electrons. The number of piperidine rings is 1. The predicted octanol–water partition coefficient (Wildman–Crippen LogP) is 4.30. The number of aryl methyl sites for hydroxylation is 1. The summed E-state index contributed by atoms with van der Waals surface area (Å²) in [5.74, 6) is -0.290. The van der Waals surface area contributed by atoms with Gasteiger partial charge in [-0.05, 0) is 57.7 Å². The molecule has 0 spiro atoms. The molecular weight excluding hydrogens is 386 g/mol. The zero-order valence-corrected chi connectivity index (χ0v) is 18.0. The molecule has 0 aliphatic carbocycles. The zero-order valence-electron chi connectivity index (χ0n) is 18.0. The highest BCUT2D eigenvalue weighted by molar-refractivity contribution is 5.83. The second kappa shape index (κ2) is 8.90. The van der Waals surface area contributed by atoms with Gasteiger partial charge in [-0.2, -0.15) is 0 Å². The number of ether oxygens (including phenoxy) is 2. The van der Waals surface area contributed by atoms with Gasteiger partial charge in [0.2, 0.25) is 0 Å². The fourth-order valence-electron chi connectivity index (χ4n) is 3.57. The first-order chi connectivity index (χ1) is 14.2. The fourth-order valence-corrected chi connectivity index (χ4v) is 3.57. The molecule has 0 unspecified atom stereocenters. The number of benzene rings is 1. The van der Waals surface area contributed by atoms with Gasteiger partial charge in [0, 0.05) is 30.6 Å². The number of fused-ring (bicyclic) bond motifs is 1. The molecular formula is C23H29NO6. The Morgan fingerprint density at radius 1 is 1.17 bits per heavy atom. The van der Waals surface area contributed by atoms with Crippen LogP contribution in [0.25, 0.3) is 11.0 Å². The van der Waals surface area contributed by atoms with Crippen LogP contribution in [0.5, 0.6) is 5.75 Å². The molecule has 1 aromatic heterocycles. The molecule has 7 heteroatoms. The van der Waals surface area contributed by atoms with Gasteiger partial charge in [-0.3, -0.25) is 4.79 Å². The van der Waals surface area contributed by atoms with E-state index in [0.717, 1.165) is 23.8 Å².